The van der Waals surface area contributed by atoms with Gasteiger partial charge < -0.3 is 9.88 Å². The molecule has 27 heavy (non-hydrogen) atoms. The Kier molecular flexibility index (Phi) is 5.67. The van der Waals surface area contributed by atoms with Gasteiger partial charge in [-0.15, -0.1) is 10.2 Å². The molecular formula is C16H13ClN6O3S. The molecule has 2 aromatic heterocycles. The van der Waals surface area contributed by atoms with Gasteiger partial charge in [0.05, 0.1) is 10.7 Å². The minimum Gasteiger partial charge on any atom is -0.320 e. The van der Waals surface area contributed by atoms with Crippen LogP contribution in [0.25, 0.3) is 11.5 Å². The lowest BCUT2D eigenvalue weighted by Crippen LogP contribution is -2.15. The summed E-state index contributed by atoms with van der Waals surface area (Å²) in [6.45, 7) is 0. The molecule has 0 aliphatic carbocycles. The molecule has 138 valence electrons. The van der Waals surface area contributed by atoms with E-state index in [0.717, 1.165) is 11.8 Å². The predicted molar refractivity (Wildman–Crippen MR) is 102 cm³/mol. The molecule has 0 radical (unpaired) electrons. The third-order valence-electron chi connectivity index (χ3n) is 3.49. The van der Waals surface area contributed by atoms with Crippen LogP contribution in [0.1, 0.15) is 0 Å². The Bertz CT molecular complexity index is 995. The first kappa shape index (κ1) is 18.8. The van der Waals surface area contributed by atoms with Crippen LogP contribution in [-0.4, -0.2) is 36.3 Å². The van der Waals surface area contributed by atoms with E-state index in [1.54, 1.807) is 23.9 Å². The maximum atomic E-state index is 12.2. The smallest absolute Gasteiger partial charge is 0.294 e. The molecule has 0 fully saturated rings. The van der Waals surface area contributed by atoms with Gasteiger partial charge in [0.15, 0.2) is 11.0 Å². The number of rotatable bonds is 6. The second-order valence-electron chi connectivity index (χ2n) is 5.34. The van der Waals surface area contributed by atoms with Gasteiger partial charge in [-0.3, -0.25) is 19.9 Å². The van der Waals surface area contributed by atoms with Gasteiger partial charge in [-0.1, -0.05) is 29.4 Å². The summed E-state index contributed by atoms with van der Waals surface area (Å²) in [7, 11) is 1.77. The lowest BCUT2D eigenvalue weighted by atomic mass is 10.2. The Labute approximate surface area is 162 Å². The minimum atomic E-state index is -0.601. The number of nitro groups is 1. The van der Waals surface area contributed by atoms with E-state index in [2.05, 4.69) is 20.5 Å². The third-order valence-corrected chi connectivity index (χ3v) is 4.75. The molecule has 0 spiro atoms. The number of thioether (sulfide) groups is 1. The number of carbonyl (C=O) groups excluding carboxylic acids is 1. The molecule has 2 heterocycles. The number of nitro benzene ring substituents is 1. The number of hydrogen-bond donors (Lipinski definition) is 1. The fourth-order valence-electron chi connectivity index (χ4n) is 2.24. The first-order valence-corrected chi connectivity index (χ1v) is 8.99. The van der Waals surface area contributed by atoms with Crippen LogP contribution in [0.15, 0.2) is 47.8 Å². The number of halogens is 1. The van der Waals surface area contributed by atoms with Crippen molar-refractivity contribution in [2.75, 3.05) is 11.1 Å². The normalized spacial score (nSPS) is 10.6. The Hall–Kier alpha value is -2.98. The lowest BCUT2D eigenvalue weighted by Gasteiger charge is -2.06. The van der Waals surface area contributed by atoms with Crippen LogP contribution in [0.3, 0.4) is 0 Å². The monoisotopic (exact) mass is 404 g/mol. The number of benzene rings is 1. The zero-order valence-corrected chi connectivity index (χ0v) is 15.6. The molecule has 0 aliphatic heterocycles. The average molecular weight is 405 g/mol. The molecule has 0 aliphatic rings. The highest BCUT2D eigenvalue weighted by Crippen LogP contribution is 2.28. The fraction of sp³-hybridized carbons (Fsp3) is 0.125. The van der Waals surface area contributed by atoms with E-state index in [0.29, 0.717) is 16.7 Å². The first-order valence-electron chi connectivity index (χ1n) is 7.63. The van der Waals surface area contributed by atoms with Crippen LogP contribution in [0.4, 0.5) is 11.4 Å². The van der Waals surface area contributed by atoms with E-state index >= 15 is 0 Å². The van der Waals surface area contributed by atoms with Gasteiger partial charge >= 0.3 is 0 Å². The molecule has 1 amide bonds. The Morgan fingerprint density at radius 3 is 2.85 bits per heavy atom. The molecule has 0 atom stereocenters. The SMILES string of the molecule is Cn1c(SCC(=O)Nc2ccc(Cl)cc2[N+](=O)[O-])nnc1-c1ccccn1. The molecular weight excluding hydrogens is 392 g/mol. The number of amides is 1. The maximum absolute atomic E-state index is 12.2. The van der Waals surface area contributed by atoms with Crippen molar-refractivity contribution in [1.29, 1.82) is 0 Å². The van der Waals surface area contributed by atoms with Crippen molar-refractivity contribution in [2.45, 2.75) is 5.16 Å². The Balaban J connectivity index is 1.67. The number of pyridine rings is 1. The van der Waals surface area contributed by atoms with Crippen LogP contribution >= 0.6 is 23.4 Å². The third kappa shape index (κ3) is 4.41. The van der Waals surface area contributed by atoms with Gasteiger partial charge in [0.1, 0.15) is 11.4 Å². The molecule has 0 saturated carbocycles. The first-order chi connectivity index (χ1) is 13.0. The number of carbonyl (C=O) groups is 1. The highest BCUT2D eigenvalue weighted by molar-refractivity contribution is 7.99. The van der Waals surface area contributed by atoms with E-state index in [-0.39, 0.29) is 22.2 Å². The summed E-state index contributed by atoms with van der Waals surface area (Å²) in [5, 5.41) is 22.5. The van der Waals surface area contributed by atoms with Crippen LogP contribution in [0, 0.1) is 10.1 Å². The molecule has 3 aromatic rings. The molecule has 0 unspecified atom stereocenters. The lowest BCUT2D eigenvalue weighted by molar-refractivity contribution is -0.383. The van der Waals surface area contributed by atoms with Crippen molar-refractivity contribution in [2.24, 2.45) is 7.05 Å². The molecule has 1 N–H and O–H groups in total. The number of aromatic nitrogens is 4. The summed E-state index contributed by atoms with van der Waals surface area (Å²) < 4.78 is 1.73. The van der Waals surface area contributed by atoms with Gasteiger partial charge in [0.2, 0.25) is 5.91 Å². The van der Waals surface area contributed by atoms with Gasteiger partial charge in [0, 0.05) is 24.3 Å². The zero-order chi connectivity index (χ0) is 19.4. The summed E-state index contributed by atoms with van der Waals surface area (Å²) in [6, 6.07) is 9.51. The van der Waals surface area contributed by atoms with Crippen molar-refractivity contribution in [1.82, 2.24) is 19.7 Å². The Morgan fingerprint density at radius 1 is 1.33 bits per heavy atom. The topological polar surface area (TPSA) is 116 Å². The molecule has 3 rings (SSSR count). The van der Waals surface area contributed by atoms with Crippen molar-refractivity contribution < 1.29 is 9.72 Å². The van der Waals surface area contributed by atoms with E-state index in [1.807, 2.05) is 12.1 Å². The Morgan fingerprint density at radius 2 is 2.15 bits per heavy atom. The van der Waals surface area contributed by atoms with Crippen molar-refractivity contribution >= 4 is 40.6 Å². The minimum absolute atomic E-state index is 0.00791. The fourth-order valence-corrected chi connectivity index (χ4v) is 3.11. The van der Waals surface area contributed by atoms with Crippen LogP contribution in [0.2, 0.25) is 5.02 Å². The van der Waals surface area contributed by atoms with E-state index in [9.17, 15) is 14.9 Å². The van der Waals surface area contributed by atoms with Crippen molar-refractivity contribution in [3.63, 3.8) is 0 Å². The quantitative estimate of drug-likeness (QED) is 0.381. The van der Waals surface area contributed by atoms with Gasteiger partial charge in [-0.2, -0.15) is 0 Å². The molecule has 0 saturated heterocycles. The summed E-state index contributed by atoms with van der Waals surface area (Å²) in [5.41, 5.74) is 0.486. The summed E-state index contributed by atoms with van der Waals surface area (Å²) in [5.74, 6) is 0.174. The second-order valence-corrected chi connectivity index (χ2v) is 6.71. The number of anilines is 1. The molecule has 11 heteroatoms. The van der Waals surface area contributed by atoms with Gasteiger partial charge in [0.25, 0.3) is 5.69 Å². The largest absolute Gasteiger partial charge is 0.320 e. The van der Waals surface area contributed by atoms with Crippen molar-refractivity contribution in [3.05, 3.63) is 57.7 Å². The summed E-state index contributed by atoms with van der Waals surface area (Å²) >= 11 is 6.93. The maximum Gasteiger partial charge on any atom is 0.294 e. The van der Waals surface area contributed by atoms with Gasteiger partial charge in [-0.25, -0.2) is 0 Å². The highest BCUT2D eigenvalue weighted by atomic mass is 35.5. The predicted octanol–water partition coefficient (Wildman–Crippen LogP) is 3.17. The zero-order valence-electron chi connectivity index (χ0n) is 14.0. The number of nitrogens with one attached hydrogen (secondary N) is 1. The molecule has 9 nitrogen and oxygen atoms in total. The van der Waals surface area contributed by atoms with Gasteiger partial charge in [-0.05, 0) is 24.3 Å². The second kappa shape index (κ2) is 8.14. The van der Waals surface area contributed by atoms with Crippen LogP contribution in [-0.2, 0) is 11.8 Å². The van der Waals surface area contributed by atoms with E-state index in [1.165, 1.54) is 18.2 Å². The number of hydrogen-bond acceptors (Lipinski definition) is 7. The number of nitrogens with zero attached hydrogens (tertiary/aromatic N) is 5. The molecule has 1 aromatic carbocycles. The molecule has 0 bridgehead atoms. The average Bonchev–Trinajstić information content (AvgIpc) is 3.02. The van der Waals surface area contributed by atoms with Crippen molar-refractivity contribution in [3.8, 4) is 11.5 Å². The summed E-state index contributed by atoms with van der Waals surface area (Å²) in [6.07, 6.45) is 1.66. The highest BCUT2D eigenvalue weighted by Gasteiger charge is 2.18. The van der Waals surface area contributed by atoms with E-state index < -0.39 is 10.8 Å². The van der Waals surface area contributed by atoms with E-state index in [4.69, 9.17) is 11.6 Å². The standard InChI is InChI=1S/C16H13ClN6O3S/c1-22-15(12-4-2-3-7-18-12)20-21-16(22)27-9-14(24)19-11-6-5-10(17)8-13(11)23(25)26/h2-8H,9H2,1H3,(H,19,24). The van der Waals surface area contributed by atoms with Crippen LogP contribution < -0.4 is 5.32 Å². The van der Waals surface area contributed by atoms with Crippen LogP contribution in [0.5, 0.6) is 0 Å². The summed E-state index contributed by atoms with van der Waals surface area (Å²) in [4.78, 5) is 26.9.